The van der Waals surface area contributed by atoms with Crippen LogP contribution in [0.1, 0.15) is 31.4 Å². The molecule has 0 saturated carbocycles. The zero-order chi connectivity index (χ0) is 13.5. The SMILES string of the molecule is C[C@@H](NC(=O)C(N)CCC(=O)O)c1ccccc1. The highest BCUT2D eigenvalue weighted by atomic mass is 16.4. The monoisotopic (exact) mass is 250 g/mol. The highest BCUT2D eigenvalue weighted by Crippen LogP contribution is 2.11. The van der Waals surface area contributed by atoms with Crippen LogP contribution in [0.25, 0.3) is 0 Å². The molecule has 1 aromatic rings. The van der Waals surface area contributed by atoms with Gasteiger partial charge in [-0.25, -0.2) is 0 Å². The molecule has 1 rings (SSSR count). The van der Waals surface area contributed by atoms with E-state index in [9.17, 15) is 9.59 Å². The first-order valence-electron chi connectivity index (χ1n) is 5.83. The molecule has 0 saturated heterocycles. The van der Waals surface area contributed by atoms with Crippen LogP contribution in [-0.4, -0.2) is 23.0 Å². The number of carbonyl (C=O) groups excluding carboxylic acids is 1. The molecular weight excluding hydrogens is 232 g/mol. The third kappa shape index (κ3) is 4.55. The van der Waals surface area contributed by atoms with Crippen molar-refractivity contribution in [1.29, 1.82) is 0 Å². The van der Waals surface area contributed by atoms with Gasteiger partial charge in [0.25, 0.3) is 0 Å². The van der Waals surface area contributed by atoms with E-state index in [1.165, 1.54) is 0 Å². The lowest BCUT2D eigenvalue weighted by molar-refractivity contribution is -0.137. The van der Waals surface area contributed by atoms with Crippen LogP contribution < -0.4 is 11.1 Å². The molecule has 0 aliphatic heterocycles. The third-order valence-electron chi connectivity index (χ3n) is 2.66. The first-order valence-corrected chi connectivity index (χ1v) is 5.83. The zero-order valence-corrected chi connectivity index (χ0v) is 10.3. The number of rotatable bonds is 6. The Morgan fingerprint density at radius 2 is 1.94 bits per heavy atom. The number of amides is 1. The summed E-state index contributed by atoms with van der Waals surface area (Å²) < 4.78 is 0. The van der Waals surface area contributed by atoms with Gasteiger partial charge in [-0.05, 0) is 18.9 Å². The molecule has 98 valence electrons. The summed E-state index contributed by atoms with van der Waals surface area (Å²) in [4.78, 5) is 22.1. The minimum atomic E-state index is -0.950. The van der Waals surface area contributed by atoms with Gasteiger partial charge in [-0.2, -0.15) is 0 Å². The average Bonchev–Trinajstić information content (AvgIpc) is 2.36. The average molecular weight is 250 g/mol. The second-order valence-corrected chi connectivity index (χ2v) is 4.18. The fourth-order valence-electron chi connectivity index (χ4n) is 1.56. The van der Waals surface area contributed by atoms with E-state index in [0.29, 0.717) is 0 Å². The molecule has 0 aliphatic carbocycles. The summed E-state index contributed by atoms with van der Waals surface area (Å²) in [5.74, 6) is -1.28. The zero-order valence-electron chi connectivity index (χ0n) is 10.3. The molecule has 0 radical (unpaired) electrons. The van der Waals surface area contributed by atoms with Gasteiger partial charge in [0.1, 0.15) is 0 Å². The predicted octanol–water partition coefficient (Wildman–Crippen LogP) is 1.06. The summed E-state index contributed by atoms with van der Waals surface area (Å²) in [7, 11) is 0. The predicted molar refractivity (Wildman–Crippen MR) is 67.8 cm³/mol. The maximum absolute atomic E-state index is 11.7. The molecule has 5 nitrogen and oxygen atoms in total. The maximum atomic E-state index is 11.7. The van der Waals surface area contributed by atoms with Crippen molar-refractivity contribution in [2.24, 2.45) is 5.73 Å². The quantitative estimate of drug-likeness (QED) is 0.703. The first kappa shape index (κ1) is 14.2. The Labute approximate surface area is 106 Å². The van der Waals surface area contributed by atoms with Crippen molar-refractivity contribution in [3.8, 4) is 0 Å². The summed E-state index contributed by atoms with van der Waals surface area (Å²) in [6.07, 6.45) is 0.0387. The van der Waals surface area contributed by atoms with E-state index in [0.717, 1.165) is 5.56 Å². The van der Waals surface area contributed by atoms with Crippen molar-refractivity contribution in [3.63, 3.8) is 0 Å². The van der Waals surface area contributed by atoms with Crippen LogP contribution in [0, 0.1) is 0 Å². The van der Waals surface area contributed by atoms with E-state index in [1.54, 1.807) is 0 Å². The second kappa shape index (κ2) is 6.76. The molecule has 0 aliphatic rings. The molecule has 1 aromatic carbocycles. The normalized spacial score (nSPS) is 13.7. The molecule has 0 heterocycles. The van der Waals surface area contributed by atoms with Gasteiger partial charge < -0.3 is 16.2 Å². The minimum absolute atomic E-state index is 0.103. The molecular formula is C13H18N2O3. The van der Waals surface area contributed by atoms with Gasteiger partial charge in [-0.3, -0.25) is 9.59 Å². The molecule has 0 aromatic heterocycles. The number of hydrogen-bond donors (Lipinski definition) is 3. The number of carboxylic acids is 1. The fourth-order valence-corrected chi connectivity index (χ4v) is 1.56. The largest absolute Gasteiger partial charge is 0.481 e. The van der Waals surface area contributed by atoms with Crippen molar-refractivity contribution < 1.29 is 14.7 Å². The van der Waals surface area contributed by atoms with Gasteiger partial charge in [0.15, 0.2) is 0 Å². The van der Waals surface area contributed by atoms with Crippen LogP contribution in [0.3, 0.4) is 0 Å². The van der Waals surface area contributed by atoms with E-state index >= 15 is 0 Å². The van der Waals surface area contributed by atoms with Crippen molar-refractivity contribution in [1.82, 2.24) is 5.32 Å². The van der Waals surface area contributed by atoms with Gasteiger partial charge >= 0.3 is 5.97 Å². The summed E-state index contributed by atoms with van der Waals surface area (Å²) in [6.45, 7) is 1.86. The summed E-state index contributed by atoms with van der Waals surface area (Å²) >= 11 is 0. The van der Waals surface area contributed by atoms with Gasteiger partial charge in [0.2, 0.25) is 5.91 Å². The summed E-state index contributed by atoms with van der Waals surface area (Å²) in [6, 6.07) is 8.57. The van der Waals surface area contributed by atoms with Crippen LogP contribution in [0.4, 0.5) is 0 Å². The van der Waals surface area contributed by atoms with Crippen molar-refractivity contribution in [3.05, 3.63) is 35.9 Å². The molecule has 18 heavy (non-hydrogen) atoms. The maximum Gasteiger partial charge on any atom is 0.303 e. The Bertz CT molecular complexity index is 406. The Morgan fingerprint density at radius 1 is 1.33 bits per heavy atom. The first-order chi connectivity index (χ1) is 8.50. The smallest absolute Gasteiger partial charge is 0.303 e. The fraction of sp³-hybridized carbons (Fsp3) is 0.385. The number of carboxylic acid groups (broad SMARTS) is 1. The summed E-state index contributed by atoms with van der Waals surface area (Å²) in [5.41, 5.74) is 6.60. The molecule has 0 bridgehead atoms. The van der Waals surface area contributed by atoms with Crippen LogP contribution >= 0.6 is 0 Å². The molecule has 2 atom stereocenters. The Hall–Kier alpha value is -1.88. The number of nitrogens with two attached hydrogens (primary N) is 1. The highest BCUT2D eigenvalue weighted by Gasteiger charge is 2.17. The van der Waals surface area contributed by atoms with E-state index in [-0.39, 0.29) is 24.8 Å². The van der Waals surface area contributed by atoms with Gasteiger partial charge in [-0.15, -0.1) is 0 Å². The summed E-state index contributed by atoms with van der Waals surface area (Å²) in [5, 5.41) is 11.3. The lowest BCUT2D eigenvalue weighted by Crippen LogP contribution is -2.41. The number of nitrogens with one attached hydrogen (secondary N) is 1. The van der Waals surface area contributed by atoms with Crippen molar-refractivity contribution in [2.45, 2.75) is 31.8 Å². The van der Waals surface area contributed by atoms with Gasteiger partial charge in [0.05, 0.1) is 12.1 Å². The number of carbonyl (C=O) groups is 2. The van der Waals surface area contributed by atoms with Crippen molar-refractivity contribution >= 4 is 11.9 Å². The molecule has 5 heteroatoms. The van der Waals surface area contributed by atoms with Crippen LogP contribution in [0.5, 0.6) is 0 Å². The standard InChI is InChI=1S/C13H18N2O3/c1-9(10-5-3-2-4-6-10)15-13(18)11(14)7-8-12(16)17/h2-6,9,11H,7-8,14H2,1H3,(H,15,18)(H,16,17)/t9-,11?/m1/s1. The van der Waals surface area contributed by atoms with Crippen LogP contribution in [0.2, 0.25) is 0 Å². The molecule has 0 fully saturated rings. The molecule has 4 N–H and O–H groups in total. The van der Waals surface area contributed by atoms with Crippen LogP contribution in [0.15, 0.2) is 30.3 Å². The molecule has 1 amide bonds. The Balaban J connectivity index is 2.46. The van der Waals surface area contributed by atoms with Crippen molar-refractivity contribution in [2.75, 3.05) is 0 Å². The minimum Gasteiger partial charge on any atom is -0.481 e. The molecule has 0 spiro atoms. The van der Waals surface area contributed by atoms with E-state index in [2.05, 4.69) is 5.32 Å². The number of benzene rings is 1. The van der Waals surface area contributed by atoms with E-state index in [1.807, 2.05) is 37.3 Å². The Kier molecular flexibility index (Phi) is 5.32. The Morgan fingerprint density at radius 3 is 2.50 bits per heavy atom. The van der Waals surface area contributed by atoms with E-state index < -0.39 is 12.0 Å². The molecule has 1 unspecified atom stereocenters. The lowest BCUT2D eigenvalue weighted by Gasteiger charge is -2.17. The second-order valence-electron chi connectivity index (χ2n) is 4.18. The topological polar surface area (TPSA) is 92.4 Å². The lowest BCUT2D eigenvalue weighted by atomic mass is 10.1. The van der Waals surface area contributed by atoms with Gasteiger partial charge in [0, 0.05) is 6.42 Å². The number of hydrogen-bond acceptors (Lipinski definition) is 3. The van der Waals surface area contributed by atoms with E-state index in [4.69, 9.17) is 10.8 Å². The highest BCUT2D eigenvalue weighted by molar-refractivity contribution is 5.82. The van der Waals surface area contributed by atoms with Crippen LogP contribution in [-0.2, 0) is 9.59 Å². The van der Waals surface area contributed by atoms with Gasteiger partial charge in [-0.1, -0.05) is 30.3 Å². The number of aliphatic carboxylic acids is 1. The third-order valence-corrected chi connectivity index (χ3v) is 2.66.